The highest BCUT2D eigenvalue weighted by Gasteiger charge is 2.44. The summed E-state index contributed by atoms with van der Waals surface area (Å²) in [6.07, 6.45) is 0. The van der Waals surface area contributed by atoms with Gasteiger partial charge in [0.1, 0.15) is 11.3 Å². The molecule has 1 saturated heterocycles. The van der Waals surface area contributed by atoms with E-state index in [4.69, 9.17) is 0 Å². The Kier molecular flexibility index (Phi) is 4.92. The van der Waals surface area contributed by atoms with Crippen LogP contribution >= 0.6 is 0 Å². The third kappa shape index (κ3) is 3.53. The quantitative estimate of drug-likeness (QED) is 0.721. The summed E-state index contributed by atoms with van der Waals surface area (Å²) in [5.74, 6) is 0.0527. The van der Waals surface area contributed by atoms with E-state index in [0.717, 1.165) is 37.6 Å². The summed E-state index contributed by atoms with van der Waals surface area (Å²) in [5.41, 5.74) is 1.31. The number of para-hydroxylation sites is 4. The van der Waals surface area contributed by atoms with Crippen LogP contribution in [-0.4, -0.2) is 55.2 Å². The summed E-state index contributed by atoms with van der Waals surface area (Å²) in [6.45, 7) is 7.01. The Bertz CT molecular complexity index is 935. The maximum absolute atomic E-state index is 13.3. The number of quaternary nitrogens is 1. The zero-order chi connectivity index (χ0) is 20.6. The number of rotatable bonds is 3. The van der Waals surface area contributed by atoms with Gasteiger partial charge in [0.2, 0.25) is 5.91 Å². The monoisotopic (exact) mass is 395 g/mol. The van der Waals surface area contributed by atoms with E-state index in [0.29, 0.717) is 12.2 Å². The SMILES string of the molecule is CC1(C)C(=O)Nc2ccccc2N1C(=O)C[NH+]1CCN(c2ccccc2O)CC1. The fraction of sp³-hybridized carbons (Fsp3) is 0.364. The van der Waals surface area contributed by atoms with E-state index in [9.17, 15) is 14.7 Å². The Morgan fingerprint density at radius 2 is 1.69 bits per heavy atom. The number of piperazine rings is 1. The lowest BCUT2D eigenvalue weighted by molar-refractivity contribution is -0.892. The Hall–Kier alpha value is -3.06. The van der Waals surface area contributed by atoms with E-state index in [-0.39, 0.29) is 17.6 Å². The third-order valence-electron chi connectivity index (χ3n) is 5.85. The maximum Gasteiger partial charge on any atom is 0.283 e. The van der Waals surface area contributed by atoms with Gasteiger partial charge in [0.25, 0.3) is 5.91 Å². The molecule has 2 aliphatic heterocycles. The smallest absolute Gasteiger partial charge is 0.283 e. The number of phenolic OH excluding ortho intramolecular Hbond substituents is 1. The van der Waals surface area contributed by atoms with Crippen LogP contribution in [0.15, 0.2) is 48.5 Å². The predicted molar refractivity (Wildman–Crippen MR) is 113 cm³/mol. The molecule has 0 spiro atoms. The molecular weight excluding hydrogens is 368 g/mol. The maximum atomic E-state index is 13.3. The lowest BCUT2D eigenvalue weighted by Gasteiger charge is -2.42. The predicted octanol–water partition coefficient (Wildman–Crippen LogP) is 0.861. The molecule has 1 fully saturated rings. The second kappa shape index (κ2) is 7.40. The van der Waals surface area contributed by atoms with E-state index in [1.165, 1.54) is 4.90 Å². The molecule has 3 N–H and O–H groups in total. The third-order valence-corrected chi connectivity index (χ3v) is 5.85. The molecule has 0 aliphatic carbocycles. The standard InChI is InChI=1S/C22H26N4O3/c1-22(2)21(29)23-16-7-3-4-8-17(16)26(22)20(28)15-24-11-13-25(14-12-24)18-9-5-6-10-19(18)27/h3-10,27H,11-15H2,1-2H3,(H,23,29)/p+1. The molecule has 2 heterocycles. The van der Waals surface area contributed by atoms with Gasteiger partial charge in [-0.25, -0.2) is 0 Å². The number of phenols is 1. The summed E-state index contributed by atoms with van der Waals surface area (Å²) >= 11 is 0. The Morgan fingerprint density at radius 1 is 1.07 bits per heavy atom. The number of fused-ring (bicyclic) bond motifs is 1. The number of hydrogen-bond acceptors (Lipinski definition) is 4. The summed E-state index contributed by atoms with van der Waals surface area (Å²) in [5, 5.41) is 13.0. The van der Waals surface area contributed by atoms with Crippen molar-refractivity contribution >= 4 is 28.9 Å². The number of anilines is 3. The van der Waals surface area contributed by atoms with Gasteiger partial charge in [-0.3, -0.25) is 14.5 Å². The van der Waals surface area contributed by atoms with Crippen molar-refractivity contribution in [2.24, 2.45) is 0 Å². The van der Waals surface area contributed by atoms with Gasteiger partial charge in [-0.2, -0.15) is 0 Å². The number of carbonyl (C=O) groups is 2. The van der Waals surface area contributed by atoms with Crippen molar-refractivity contribution in [3.05, 3.63) is 48.5 Å². The molecular formula is C22H27N4O3+. The van der Waals surface area contributed by atoms with Crippen LogP contribution in [0.1, 0.15) is 13.8 Å². The van der Waals surface area contributed by atoms with Crippen LogP contribution in [0.2, 0.25) is 0 Å². The van der Waals surface area contributed by atoms with Crippen LogP contribution in [0.4, 0.5) is 17.1 Å². The molecule has 0 atom stereocenters. The first kappa shape index (κ1) is 19.3. The summed E-state index contributed by atoms with van der Waals surface area (Å²) in [4.78, 5) is 30.8. The average molecular weight is 395 g/mol. The van der Waals surface area contributed by atoms with Gasteiger partial charge < -0.3 is 20.2 Å². The molecule has 2 aromatic carbocycles. The van der Waals surface area contributed by atoms with Gasteiger partial charge in [-0.15, -0.1) is 0 Å². The van der Waals surface area contributed by atoms with E-state index in [2.05, 4.69) is 10.2 Å². The highest BCUT2D eigenvalue weighted by Crippen LogP contribution is 2.36. The molecule has 7 heteroatoms. The molecule has 2 aliphatic rings. The van der Waals surface area contributed by atoms with E-state index in [1.807, 2.05) is 42.5 Å². The molecule has 29 heavy (non-hydrogen) atoms. The molecule has 2 aromatic rings. The van der Waals surface area contributed by atoms with E-state index >= 15 is 0 Å². The molecule has 4 rings (SSSR count). The Labute approximate surface area is 170 Å². The van der Waals surface area contributed by atoms with E-state index in [1.54, 1.807) is 24.8 Å². The molecule has 0 radical (unpaired) electrons. The number of carbonyl (C=O) groups excluding carboxylic acids is 2. The Balaban J connectivity index is 1.46. The number of nitrogens with one attached hydrogen (secondary N) is 2. The van der Waals surface area contributed by atoms with Crippen molar-refractivity contribution in [2.75, 3.05) is 47.8 Å². The van der Waals surface area contributed by atoms with Crippen LogP contribution in [-0.2, 0) is 9.59 Å². The second-order valence-electron chi connectivity index (χ2n) is 8.16. The van der Waals surface area contributed by atoms with Crippen LogP contribution in [0, 0.1) is 0 Å². The fourth-order valence-corrected chi connectivity index (χ4v) is 4.16. The highest BCUT2D eigenvalue weighted by molar-refractivity contribution is 6.14. The van der Waals surface area contributed by atoms with Crippen LogP contribution in [0.5, 0.6) is 5.75 Å². The zero-order valence-corrected chi connectivity index (χ0v) is 16.8. The van der Waals surface area contributed by atoms with Crippen molar-refractivity contribution in [3.8, 4) is 5.75 Å². The van der Waals surface area contributed by atoms with Crippen LogP contribution < -0.4 is 20.0 Å². The van der Waals surface area contributed by atoms with E-state index < -0.39 is 5.54 Å². The normalized spacial score (nSPS) is 18.9. The van der Waals surface area contributed by atoms with Crippen molar-refractivity contribution in [1.29, 1.82) is 0 Å². The summed E-state index contributed by atoms with van der Waals surface area (Å²) in [6, 6.07) is 14.8. The summed E-state index contributed by atoms with van der Waals surface area (Å²) < 4.78 is 0. The lowest BCUT2D eigenvalue weighted by atomic mass is 9.96. The number of benzene rings is 2. The zero-order valence-electron chi connectivity index (χ0n) is 16.8. The Morgan fingerprint density at radius 3 is 2.38 bits per heavy atom. The average Bonchev–Trinajstić information content (AvgIpc) is 2.70. The summed E-state index contributed by atoms with van der Waals surface area (Å²) in [7, 11) is 0. The fourth-order valence-electron chi connectivity index (χ4n) is 4.16. The van der Waals surface area contributed by atoms with Crippen molar-refractivity contribution in [3.63, 3.8) is 0 Å². The minimum absolute atomic E-state index is 0.0525. The minimum atomic E-state index is -0.942. The number of nitrogens with zero attached hydrogens (tertiary/aromatic N) is 2. The number of hydrogen-bond donors (Lipinski definition) is 3. The highest BCUT2D eigenvalue weighted by atomic mass is 16.3. The van der Waals surface area contributed by atoms with Gasteiger partial charge in [0, 0.05) is 0 Å². The molecule has 152 valence electrons. The van der Waals surface area contributed by atoms with Gasteiger partial charge in [0.15, 0.2) is 6.54 Å². The lowest BCUT2D eigenvalue weighted by Crippen LogP contribution is -3.16. The largest absolute Gasteiger partial charge is 0.506 e. The molecule has 2 amide bonds. The second-order valence-corrected chi connectivity index (χ2v) is 8.16. The molecule has 0 aromatic heterocycles. The number of aromatic hydroxyl groups is 1. The van der Waals surface area contributed by atoms with Crippen molar-refractivity contribution in [2.45, 2.75) is 19.4 Å². The first-order valence-electron chi connectivity index (χ1n) is 9.98. The van der Waals surface area contributed by atoms with Gasteiger partial charge in [-0.05, 0) is 38.1 Å². The molecule has 0 unspecified atom stereocenters. The molecule has 0 saturated carbocycles. The van der Waals surface area contributed by atoms with Crippen LogP contribution in [0.3, 0.4) is 0 Å². The van der Waals surface area contributed by atoms with Crippen molar-refractivity contribution in [1.82, 2.24) is 0 Å². The number of amides is 2. The first-order chi connectivity index (χ1) is 13.9. The molecule has 7 nitrogen and oxygen atoms in total. The first-order valence-corrected chi connectivity index (χ1v) is 9.98. The van der Waals surface area contributed by atoms with Crippen LogP contribution in [0.25, 0.3) is 0 Å². The van der Waals surface area contributed by atoms with Gasteiger partial charge in [-0.1, -0.05) is 24.3 Å². The van der Waals surface area contributed by atoms with Crippen molar-refractivity contribution < 1.29 is 19.6 Å². The minimum Gasteiger partial charge on any atom is -0.506 e. The topological polar surface area (TPSA) is 77.3 Å². The van der Waals surface area contributed by atoms with Gasteiger partial charge >= 0.3 is 0 Å². The molecule has 0 bridgehead atoms. The van der Waals surface area contributed by atoms with Gasteiger partial charge in [0.05, 0.1) is 43.2 Å².